The van der Waals surface area contributed by atoms with Gasteiger partial charge in [-0.05, 0) is 18.8 Å². The van der Waals surface area contributed by atoms with Crippen LogP contribution in [0, 0.1) is 17.2 Å². The standard InChI is InChI=1S/C8H13N.C3H5F2N/c9-7-6-8-4-2-1-3-5-8;4-3(5)1-6-2-3/h8H,1-6H2;6H,1-2H2. The Balaban J connectivity index is 0.000000162. The number of rotatable bonds is 1. The molecule has 0 radical (unpaired) electrons. The molecule has 0 amide bonds. The van der Waals surface area contributed by atoms with Crippen LogP contribution in [0.25, 0.3) is 0 Å². The van der Waals surface area contributed by atoms with Gasteiger partial charge in [-0.3, -0.25) is 0 Å². The van der Waals surface area contributed by atoms with Crippen molar-refractivity contribution >= 4 is 0 Å². The highest BCUT2D eigenvalue weighted by atomic mass is 19.3. The smallest absolute Gasteiger partial charge is 0.272 e. The average Bonchev–Trinajstić information content (AvgIpc) is 2.19. The Morgan fingerprint density at radius 1 is 1.20 bits per heavy atom. The monoisotopic (exact) mass is 216 g/mol. The number of nitrogens with one attached hydrogen (secondary N) is 1. The predicted octanol–water partition coefficient (Wildman–Crippen LogP) is 2.71. The molecule has 0 aromatic rings. The van der Waals surface area contributed by atoms with Gasteiger partial charge in [-0.15, -0.1) is 0 Å². The van der Waals surface area contributed by atoms with Crippen LogP contribution in [0.15, 0.2) is 0 Å². The minimum absolute atomic E-state index is 0.132. The third-order valence-electron chi connectivity index (χ3n) is 2.87. The van der Waals surface area contributed by atoms with E-state index in [0.29, 0.717) is 0 Å². The predicted molar refractivity (Wildman–Crippen MR) is 54.6 cm³/mol. The van der Waals surface area contributed by atoms with Gasteiger partial charge in [0.25, 0.3) is 5.92 Å². The van der Waals surface area contributed by atoms with Gasteiger partial charge in [0.15, 0.2) is 0 Å². The van der Waals surface area contributed by atoms with Crippen LogP contribution in [0.4, 0.5) is 8.78 Å². The van der Waals surface area contributed by atoms with E-state index >= 15 is 0 Å². The zero-order valence-electron chi connectivity index (χ0n) is 8.94. The van der Waals surface area contributed by atoms with Crippen LogP contribution in [-0.2, 0) is 0 Å². The maximum atomic E-state index is 11.5. The molecule has 0 bridgehead atoms. The molecule has 2 nitrogen and oxygen atoms in total. The van der Waals surface area contributed by atoms with Gasteiger partial charge in [0.1, 0.15) is 0 Å². The summed E-state index contributed by atoms with van der Waals surface area (Å²) in [5, 5.41) is 10.8. The molecule has 1 saturated heterocycles. The molecule has 2 fully saturated rings. The number of nitrogens with zero attached hydrogens (tertiary/aromatic N) is 1. The van der Waals surface area contributed by atoms with Crippen LogP contribution in [-0.4, -0.2) is 19.0 Å². The van der Waals surface area contributed by atoms with Crippen LogP contribution in [0.5, 0.6) is 0 Å². The first-order valence-electron chi connectivity index (χ1n) is 5.59. The average molecular weight is 216 g/mol. The molecule has 1 aliphatic carbocycles. The molecule has 15 heavy (non-hydrogen) atoms. The molecule has 0 atom stereocenters. The summed E-state index contributed by atoms with van der Waals surface area (Å²) < 4.78 is 23.0. The molecule has 4 heteroatoms. The van der Waals surface area contributed by atoms with Gasteiger partial charge in [-0.1, -0.05) is 19.3 Å². The molecular formula is C11H18F2N2. The van der Waals surface area contributed by atoms with E-state index < -0.39 is 5.92 Å². The van der Waals surface area contributed by atoms with Gasteiger partial charge < -0.3 is 5.32 Å². The van der Waals surface area contributed by atoms with E-state index in [1.165, 1.54) is 32.1 Å². The highest BCUT2D eigenvalue weighted by Crippen LogP contribution is 2.25. The Labute approximate surface area is 89.7 Å². The van der Waals surface area contributed by atoms with Crippen molar-refractivity contribution in [1.29, 1.82) is 5.26 Å². The SMILES string of the molecule is FC1(F)CNC1.N#CCC1CCCCC1. The molecule has 1 heterocycles. The number of nitriles is 1. The summed E-state index contributed by atoms with van der Waals surface area (Å²) in [5.41, 5.74) is 0. The maximum absolute atomic E-state index is 11.5. The van der Waals surface area contributed by atoms with Crippen molar-refractivity contribution in [3.8, 4) is 6.07 Å². The first-order chi connectivity index (χ1) is 7.14. The molecule has 2 aliphatic rings. The van der Waals surface area contributed by atoms with Crippen molar-refractivity contribution < 1.29 is 8.78 Å². The first kappa shape index (κ1) is 12.4. The van der Waals surface area contributed by atoms with Crippen molar-refractivity contribution in [3.05, 3.63) is 0 Å². The van der Waals surface area contributed by atoms with Crippen molar-refractivity contribution in [1.82, 2.24) is 5.32 Å². The van der Waals surface area contributed by atoms with Crippen molar-refractivity contribution in [2.45, 2.75) is 44.4 Å². The van der Waals surface area contributed by atoms with Gasteiger partial charge in [0, 0.05) is 6.42 Å². The molecule has 86 valence electrons. The summed E-state index contributed by atoms with van der Waals surface area (Å²) >= 11 is 0. The Morgan fingerprint density at radius 3 is 2.07 bits per heavy atom. The number of hydrogen-bond donors (Lipinski definition) is 1. The second-order valence-corrected chi connectivity index (χ2v) is 4.33. The molecule has 1 aliphatic heterocycles. The molecule has 2 rings (SSSR count). The topological polar surface area (TPSA) is 35.8 Å². The van der Waals surface area contributed by atoms with Crippen LogP contribution in [0.1, 0.15) is 38.5 Å². The summed E-state index contributed by atoms with van der Waals surface area (Å²) in [6.07, 6.45) is 7.49. The minimum atomic E-state index is -2.39. The van der Waals surface area contributed by atoms with E-state index in [1.807, 2.05) is 0 Å². The first-order valence-corrected chi connectivity index (χ1v) is 5.59. The van der Waals surface area contributed by atoms with Gasteiger partial charge in [0.2, 0.25) is 0 Å². The summed E-state index contributed by atoms with van der Waals surface area (Å²) in [6, 6.07) is 2.24. The molecule has 0 spiro atoms. The van der Waals surface area contributed by atoms with E-state index in [9.17, 15) is 8.78 Å². The molecule has 0 aromatic carbocycles. The van der Waals surface area contributed by atoms with E-state index in [2.05, 4.69) is 11.4 Å². The van der Waals surface area contributed by atoms with E-state index in [-0.39, 0.29) is 13.1 Å². The van der Waals surface area contributed by atoms with Gasteiger partial charge >= 0.3 is 0 Å². The largest absolute Gasteiger partial charge is 0.305 e. The lowest BCUT2D eigenvalue weighted by Gasteiger charge is -2.25. The maximum Gasteiger partial charge on any atom is 0.272 e. The fraction of sp³-hybridized carbons (Fsp3) is 0.909. The highest BCUT2D eigenvalue weighted by molar-refractivity contribution is 4.81. The minimum Gasteiger partial charge on any atom is -0.305 e. The summed E-state index contributed by atoms with van der Waals surface area (Å²) in [5.74, 6) is -1.65. The Kier molecular flexibility index (Phi) is 4.97. The number of hydrogen-bond acceptors (Lipinski definition) is 2. The number of alkyl halides is 2. The van der Waals surface area contributed by atoms with Crippen LogP contribution < -0.4 is 5.32 Å². The van der Waals surface area contributed by atoms with Crippen molar-refractivity contribution in [2.75, 3.05) is 13.1 Å². The molecular weight excluding hydrogens is 198 g/mol. The quantitative estimate of drug-likeness (QED) is 0.731. The lowest BCUT2D eigenvalue weighted by molar-refractivity contribution is -0.0475. The Morgan fingerprint density at radius 2 is 1.73 bits per heavy atom. The van der Waals surface area contributed by atoms with Gasteiger partial charge in [-0.25, -0.2) is 8.78 Å². The van der Waals surface area contributed by atoms with Gasteiger partial charge in [-0.2, -0.15) is 5.26 Å². The summed E-state index contributed by atoms with van der Waals surface area (Å²) in [7, 11) is 0. The third kappa shape index (κ3) is 5.08. The molecule has 1 N–H and O–H groups in total. The zero-order valence-corrected chi connectivity index (χ0v) is 8.94. The molecule has 1 saturated carbocycles. The van der Waals surface area contributed by atoms with Crippen LogP contribution in [0.3, 0.4) is 0 Å². The number of halogens is 2. The molecule has 0 unspecified atom stereocenters. The van der Waals surface area contributed by atoms with Gasteiger partial charge in [0.05, 0.1) is 19.2 Å². The second-order valence-electron chi connectivity index (χ2n) is 4.33. The summed E-state index contributed by atoms with van der Waals surface area (Å²) in [6.45, 7) is -0.264. The molecule has 0 aromatic heterocycles. The zero-order chi connectivity index (χ0) is 11.1. The third-order valence-corrected chi connectivity index (χ3v) is 2.87. The lowest BCUT2D eigenvalue weighted by atomic mass is 9.87. The lowest BCUT2D eigenvalue weighted by Crippen LogP contribution is -2.52. The van der Waals surface area contributed by atoms with E-state index in [4.69, 9.17) is 5.26 Å². The van der Waals surface area contributed by atoms with E-state index in [1.54, 1.807) is 0 Å². The fourth-order valence-corrected chi connectivity index (χ4v) is 1.83. The summed E-state index contributed by atoms with van der Waals surface area (Å²) in [4.78, 5) is 0. The van der Waals surface area contributed by atoms with Crippen molar-refractivity contribution in [3.63, 3.8) is 0 Å². The highest BCUT2D eigenvalue weighted by Gasteiger charge is 2.36. The Bertz CT molecular complexity index is 211. The Hall–Kier alpha value is -0.690. The van der Waals surface area contributed by atoms with Crippen LogP contribution >= 0.6 is 0 Å². The normalized spacial score (nSPS) is 24.3. The van der Waals surface area contributed by atoms with Crippen LogP contribution in [0.2, 0.25) is 0 Å². The van der Waals surface area contributed by atoms with Crippen molar-refractivity contribution in [2.24, 2.45) is 5.92 Å². The second kappa shape index (κ2) is 6.02. The van der Waals surface area contributed by atoms with E-state index in [0.717, 1.165) is 12.3 Å². The fourth-order valence-electron chi connectivity index (χ4n) is 1.83.